The highest BCUT2D eigenvalue weighted by molar-refractivity contribution is 5.35. The van der Waals surface area contributed by atoms with Gasteiger partial charge in [0.15, 0.2) is 0 Å². The monoisotopic (exact) mass is 218 g/mol. The van der Waals surface area contributed by atoms with Gasteiger partial charge in [-0.1, -0.05) is 32.0 Å². The summed E-state index contributed by atoms with van der Waals surface area (Å²) in [6.45, 7) is 8.53. The molecule has 1 aromatic rings. The van der Waals surface area contributed by atoms with Crippen LogP contribution in [0.5, 0.6) is 0 Å². The Labute approximate surface area is 98.4 Å². The first kappa shape index (κ1) is 11.6. The second kappa shape index (κ2) is 4.98. The van der Waals surface area contributed by atoms with Crippen LogP contribution in [0.4, 0.5) is 0 Å². The van der Waals surface area contributed by atoms with Gasteiger partial charge in [-0.25, -0.2) is 0 Å². The van der Waals surface area contributed by atoms with Gasteiger partial charge in [-0.2, -0.15) is 0 Å². The Morgan fingerprint density at radius 1 is 1.31 bits per heavy atom. The molecule has 0 bridgehead atoms. The molecule has 1 aliphatic heterocycles. The average Bonchev–Trinajstić information content (AvgIpc) is 2.28. The second-order valence-corrected chi connectivity index (χ2v) is 5.00. The first-order chi connectivity index (χ1) is 7.70. The van der Waals surface area contributed by atoms with Gasteiger partial charge < -0.3 is 5.73 Å². The van der Waals surface area contributed by atoms with Crippen LogP contribution in [0.15, 0.2) is 18.2 Å². The van der Waals surface area contributed by atoms with E-state index in [1.807, 2.05) is 0 Å². The average molecular weight is 218 g/mol. The maximum absolute atomic E-state index is 5.60. The molecule has 0 saturated carbocycles. The Morgan fingerprint density at radius 3 is 2.81 bits per heavy atom. The number of hydrogen-bond donors (Lipinski definition) is 1. The highest BCUT2D eigenvalue weighted by atomic mass is 15.1. The molecule has 1 aromatic carbocycles. The Hall–Kier alpha value is -0.860. The fourth-order valence-electron chi connectivity index (χ4n) is 2.36. The van der Waals surface area contributed by atoms with Crippen LogP contribution in [0.25, 0.3) is 0 Å². The molecule has 1 aliphatic rings. The molecule has 2 N–H and O–H groups in total. The Morgan fingerprint density at radius 2 is 2.12 bits per heavy atom. The zero-order valence-corrected chi connectivity index (χ0v) is 10.4. The van der Waals surface area contributed by atoms with Crippen LogP contribution in [-0.4, -0.2) is 24.5 Å². The standard InChI is InChI=1S/C14H22N2/c1-11(2)12-3-4-14-10-16(8-6-15)7-5-13(14)9-12/h3-4,9,11H,5-8,10,15H2,1-2H3. The van der Waals surface area contributed by atoms with Crippen molar-refractivity contribution in [1.82, 2.24) is 4.90 Å². The third kappa shape index (κ3) is 2.45. The first-order valence-corrected chi connectivity index (χ1v) is 6.25. The van der Waals surface area contributed by atoms with Gasteiger partial charge in [0.2, 0.25) is 0 Å². The summed E-state index contributed by atoms with van der Waals surface area (Å²) in [5.41, 5.74) is 10.1. The zero-order valence-electron chi connectivity index (χ0n) is 10.4. The number of fused-ring (bicyclic) bond motifs is 1. The van der Waals surface area contributed by atoms with Crippen LogP contribution >= 0.6 is 0 Å². The van der Waals surface area contributed by atoms with E-state index in [9.17, 15) is 0 Å². The lowest BCUT2D eigenvalue weighted by molar-refractivity contribution is 0.261. The van der Waals surface area contributed by atoms with Crippen molar-refractivity contribution in [3.05, 3.63) is 34.9 Å². The predicted molar refractivity (Wildman–Crippen MR) is 68.6 cm³/mol. The predicted octanol–water partition coefficient (Wildman–Crippen LogP) is 2.13. The van der Waals surface area contributed by atoms with Crippen molar-refractivity contribution >= 4 is 0 Å². The minimum Gasteiger partial charge on any atom is -0.329 e. The van der Waals surface area contributed by atoms with Crippen molar-refractivity contribution in [1.29, 1.82) is 0 Å². The Balaban J connectivity index is 2.15. The molecule has 0 saturated heterocycles. The second-order valence-electron chi connectivity index (χ2n) is 5.00. The van der Waals surface area contributed by atoms with Crippen molar-refractivity contribution in [3.63, 3.8) is 0 Å². The van der Waals surface area contributed by atoms with Crippen molar-refractivity contribution in [2.45, 2.75) is 32.7 Å². The van der Waals surface area contributed by atoms with E-state index < -0.39 is 0 Å². The molecule has 2 heteroatoms. The van der Waals surface area contributed by atoms with Gasteiger partial charge in [0.25, 0.3) is 0 Å². The summed E-state index contributed by atoms with van der Waals surface area (Å²) >= 11 is 0. The van der Waals surface area contributed by atoms with Gasteiger partial charge in [-0.05, 0) is 29.0 Å². The quantitative estimate of drug-likeness (QED) is 0.842. The fourth-order valence-corrected chi connectivity index (χ4v) is 2.36. The van der Waals surface area contributed by atoms with Crippen LogP contribution < -0.4 is 5.73 Å². The van der Waals surface area contributed by atoms with E-state index in [4.69, 9.17) is 5.73 Å². The van der Waals surface area contributed by atoms with E-state index in [1.54, 1.807) is 5.56 Å². The van der Waals surface area contributed by atoms with Crippen LogP contribution in [0.1, 0.15) is 36.5 Å². The molecule has 88 valence electrons. The fraction of sp³-hybridized carbons (Fsp3) is 0.571. The smallest absolute Gasteiger partial charge is 0.0237 e. The molecule has 1 heterocycles. The molecule has 2 nitrogen and oxygen atoms in total. The highest BCUT2D eigenvalue weighted by Gasteiger charge is 2.15. The van der Waals surface area contributed by atoms with Crippen LogP contribution in [0, 0.1) is 0 Å². The number of hydrogen-bond acceptors (Lipinski definition) is 2. The molecule has 2 rings (SSSR count). The maximum Gasteiger partial charge on any atom is 0.0237 e. The number of nitrogens with two attached hydrogens (primary N) is 1. The van der Waals surface area contributed by atoms with E-state index in [-0.39, 0.29) is 0 Å². The van der Waals surface area contributed by atoms with Gasteiger partial charge in [-0.15, -0.1) is 0 Å². The summed E-state index contributed by atoms with van der Waals surface area (Å²) in [6.07, 6.45) is 1.18. The largest absolute Gasteiger partial charge is 0.329 e. The van der Waals surface area contributed by atoms with Gasteiger partial charge in [0.1, 0.15) is 0 Å². The third-order valence-corrected chi connectivity index (χ3v) is 3.43. The summed E-state index contributed by atoms with van der Waals surface area (Å²) in [6, 6.07) is 6.96. The summed E-state index contributed by atoms with van der Waals surface area (Å²) in [5.74, 6) is 0.632. The van der Waals surface area contributed by atoms with Crippen molar-refractivity contribution < 1.29 is 0 Å². The lowest BCUT2D eigenvalue weighted by Crippen LogP contribution is -2.34. The number of benzene rings is 1. The molecule has 0 fully saturated rings. The normalized spacial score (nSPS) is 16.5. The molecular formula is C14H22N2. The molecule has 0 atom stereocenters. The van der Waals surface area contributed by atoms with Crippen LogP contribution in [-0.2, 0) is 13.0 Å². The number of nitrogens with zero attached hydrogens (tertiary/aromatic N) is 1. The first-order valence-electron chi connectivity index (χ1n) is 6.25. The zero-order chi connectivity index (χ0) is 11.5. The summed E-state index contributed by atoms with van der Waals surface area (Å²) in [4.78, 5) is 2.44. The van der Waals surface area contributed by atoms with Gasteiger partial charge in [0.05, 0.1) is 0 Å². The minimum absolute atomic E-state index is 0.632. The molecule has 0 aliphatic carbocycles. The molecule has 0 amide bonds. The minimum atomic E-state index is 0.632. The third-order valence-electron chi connectivity index (χ3n) is 3.43. The van der Waals surface area contributed by atoms with Gasteiger partial charge >= 0.3 is 0 Å². The molecule has 0 aromatic heterocycles. The van der Waals surface area contributed by atoms with E-state index in [1.165, 1.54) is 17.5 Å². The summed E-state index contributed by atoms with van der Waals surface area (Å²) < 4.78 is 0. The molecule has 16 heavy (non-hydrogen) atoms. The van der Waals surface area contributed by atoms with Gasteiger partial charge in [-0.3, -0.25) is 4.90 Å². The van der Waals surface area contributed by atoms with Gasteiger partial charge in [0, 0.05) is 26.2 Å². The van der Waals surface area contributed by atoms with Crippen molar-refractivity contribution in [2.24, 2.45) is 5.73 Å². The number of rotatable bonds is 3. The van der Waals surface area contributed by atoms with Crippen molar-refractivity contribution in [3.8, 4) is 0 Å². The SMILES string of the molecule is CC(C)c1ccc2c(c1)CCN(CCN)C2. The van der Waals surface area contributed by atoms with Crippen LogP contribution in [0.2, 0.25) is 0 Å². The molecule has 0 radical (unpaired) electrons. The summed E-state index contributed by atoms with van der Waals surface area (Å²) in [7, 11) is 0. The maximum atomic E-state index is 5.60. The Kier molecular flexibility index (Phi) is 3.62. The lowest BCUT2D eigenvalue weighted by atomic mass is 9.93. The summed E-state index contributed by atoms with van der Waals surface area (Å²) in [5, 5.41) is 0. The lowest BCUT2D eigenvalue weighted by Gasteiger charge is -2.28. The topological polar surface area (TPSA) is 29.3 Å². The highest BCUT2D eigenvalue weighted by Crippen LogP contribution is 2.23. The van der Waals surface area contributed by atoms with E-state index in [2.05, 4.69) is 36.9 Å². The van der Waals surface area contributed by atoms with E-state index in [0.29, 0.717) is 5.92 Å². The van der Waals surface area contributed by atoms with Crippen LogP contribution in [0.3, 0.4) is 0 Å². The van der Waals surface area contributed by atoms with E-state index >= 15 is 0 Å². The van der Waals surface area contributed by atoms with Crippen molar-refractivity contribution in [2.75, 3.05) is 19.6 Å². The molecular weight excluding hydrogens is 196 g/mol. The van der Waals surface area contributed by atoms with E-state index in [0.717, 1.165) is 26.2 Å². The Bertz CT molecular complexity index is 358. The molecule has 0 spiro atoms. The molecule has 0 unspecified atom stereocenters.